The van der Waals surface area contributed by atoms with Crippen LogP contribution in [0.1, 0.15) is 42.3 Å². The number of para-hydroxylation sites is 2. The van der Waals surface area contributed by atoms with Crippen LogP contribution in [0.25, 0.3) is 17.0 Å². The summed E-state index contributed by atoms with van der Waals surface area (Å²) >= 11 is 1.26. The van der Waals surface area contributed by atoms with E-state index in [4.69, 9.17) is 14.5 Å². The van der Waals surface area contributed by atoms with Gasteiger partial charge in [-0.3, -0.25) is 9.36 Å². The van der Waals surface area contributed by atoms with Gasteiger partial charge in [0.2, 0.25) is 0 Å². The van der Waals surface area contributed by atoms with Crippen LogP contribution in [0.5, 0.6) is 5.75 Å². The summed E-state index contributed by atoms with van der Waals surface area (Å²) in [6.07, 6.45) is 1.88. The molecule has 1 aliphatic heterocycles. The van der Waals surface area contributed by atoms with E-state index in [1.807, 2.05) is 61.5 Å². The Morgan fingerprint density at radius 1 is 1.05 bits per heavy atom. The first-order valence-electron chi connectivity index (χ1n) is 14.0. The predicted molar refractivity (Wildman–Crippen MR) is 166 cm³/mol. The van der Waals surface area contributed by atoms with Crippen molar-refractivity contribution in [2.75, 3.05) is 13.7 Å². The quantitative estimate of drug-likeness (QED) is 0.241. The summed E-state index contributed by atoms with van der Waals surface area (Å²) in [6.45, 7) is 6.02. The van der Waals surface area contributed by atoms with Gasteiger partial charge < -0.3 is 14.0 Å². The summed E-state index contributed by atoms with van der Waals surface area (Å²) < 4.78 is 29.8. The number of fused-ring (bicyclic) bond motifs is 2. The number of allylic oxidation sites excluding steroid dienone is 1. The molecule has 0 radical (unpaired) electrons. The van der Waals surface area contributed by atoms with Gasteiger partial charge in [0.05, 0.1) is 36.1 Å². The number of benzene rings is 3. The zero-order chi connectivity index (χ0) is 30.2. The Balaban J connectivity index is 1.57. The number of rotatable bonds is 7. The second-order valence-electron chi connectivity index (χ2n) is 10.2. The monoisotopic (exact) mass is 595 g/mol. The molecule has 0 fully saturated rings. The lowest BCUT2D eigenvalue weighted by molar-refractivity contribution is -0.139. The van der Waals surface area contributed by atoms with E-state index < -0.39 is 12.0 Å². The first kappa shape index (κ1) is 28.4. The average Bonchev–Trinajstić information content (AvgIpc) is 3.46. The molecule has 1 aliphatic rings. The largest absolute Gasteiger partial charge is 0.496 e. The lowest BCUT2D eigenvalue weighted by atomic mass is 9.95. The van der Waals surface area contributed by atoms with Crippen molar-refractivity contribution in [1.82, 2.24) is 9.13 Å². The fourth-order valence-electron chi connectivity index (χ4n) is 5.75. The number of halogens is 1. The van der Waals surface area contributed by atoms with Crippen LogP contribution in [-0.2, 0) is 16.1 Å². The topological polar surface area (TPSA) is 74.8 Å². The van der Waals surface area contributed by atoms with Crippen molar-refractivity contribution in [2.24, 2.45) is 4.99 Å². The number of carbonyl (C=O) groups excluding carboxylic acids is 1. The van der Waals surface area contributed by atoms with Crippen LogP contribution < -0.4 is 19.6 Å². The van der Waals surface area contributed by atoms with Crippen LogP contribution in [0.15, 0.2) is 93.9 Å². The number of nitrogens with zero attached hydrogens (tertiary/aromatic N) is 3. The molecular formula is C34H30FN3O4S. The van der Waals surface area contributed by atoms with E-state index in [1.165, 1.54) is 17.4 Å². The lowest BCUT2D eigenvalue weighted by Crippen LogP contribution is -2.40. The lowest BCUT2D eigenvalue weighted by Gasteiger charge is -2.25. The number of hydrogen-bond donors (Lipinski definition) is 0. The van der Waals surface area contributed by atoms with E-state index in [1.54, 1.807) is 43.7 Å². The van der Waals surface area contributed by atoms with Gasteiger partial charge in [0.15, 0.2) is 4.80 Å². The highest BCUT2D eigenvalue weighted by molar-refractivity contribution is 7.07. The summed E-state index contributed by atoms with van der Waals surface area (Å²) in [5.74, 6) is -0.245. The molecule has 2 aromatic heterocycles. The molecule has 9 heteroatoms. The zero-order valence-corrected chi connectivity index (χ0v) is 25.1. The van der Waals surface area contributed by atoms with Gasteiger partial charge >= 0.3 is 5.97 Å². The molecule has 5 aromatic rings. The van der Waals surface area contributed by atoms with Crippen LogP contribution in [0, 0.1) is 12.7 Å². The Bertz CT molecular complexity index is 2100. The Hall–Kier alpha value is -4.76. The van der Waals surface area contributed by atoms with E-state index in [2.05, 4.69) is 4.57 Å². The van der Waals surface area contributed by atoms with E-state index in [0.29, 0.717) is 44.0 Å². The molecule has 0 spiro atoms. The number of aromatic nitrogens is 2. The summed E-state index contributed by atoms with van der Waals surface area (Å²) in [6, 6.07) is 21.2. The van der Waals surface area contributed by atoms with Crippen molar-refractivity contribution in [2.45, 2.75) is 33.4 Å². The van der Waals surface area contributed by atoms with Gasteiger partial charge in [-0.15, -0.1) is 0 Å². The van der Waals surface area contributed by atoms with E-state index >= 15 is 0 Å². The smallest absolute Gasteiger partial charge is 0.338 e. The van der Waals surface area contributed by atoms with Crippen LogP contribution in [0.4, 0.5) is 4.39 Å². The molecular weight excluding hydrogens is 565 g/mol. The summed E-state index contributed by atoms with van der Waals surface area (Å²) in [5, 5.41) is 0.951. The standard InChI is InChI=1S/C34H30FN3O4S/c1-5-42-33(40)30-20(2)36-34-38(31(30)24-14-8-11-17-28(24)41-4)32(39)29(43-34)18-25-21(3)37(27-16-10-7-13-23(25)27)19-22-12-6-9-15-26(22)35/h6-18,31H,5,19H2,1-4H3/b29-18-/t31-/m1/s1. The molecule has 0 saturated carbocycles. The predicted octanol–water partition coefficient (Wildman–Crippen LogP) is 5.26. The molecule has 3 aromatic carbocycles. The molecule has 0 saturated heterocycles. The van der Waals surface area contributed by atoms with Crippen LogP contribution in [0.2, 0.25) is 0 Å². The first-order chi connectivity index (χ1) is 20.8. The number of ether oxygens (including phenoxy) is 2. The maximum absolute atomic E-state index is 14.6. The first-order valence-corrected chi connectivity index (χ1v) is 14.8. The minimum absolute atomic E-state index is 0.189. The molecule has 218 valence electrons. The molecule has 7 nitrogen and oxygen atoms in total. The molecule has 0 bridgehead atoms. The molecule has 0 unspecified atom stereocenters. The zero-order valence-electron chi connectivity index (χ0n) is 24.3. The SMILES string of the molecule is CCOC(=O)C1=C(C)N=c2s/c(=C\c3c(C)n(Cc4ccccc4F)c4ccccc34)c(=O)n2[C@@H]1c1ccccc1OC. The minimum Gasteiger partial charge on any atom is -0.496 e. The molecule has 43 heavy (non-hydrogen) atoms. The van der Waals surface area contributed by atoms with Crippen LogP contribution >= 0.6 is 11.3 Å². The highest BCUT2D eigenvalue weighted by Gasteiger charge is 2.35. The molecule has 3 heterocycles. The van der Waals surface area contributed by atoms with E-state index in [0.717, 1.165) is 22.2 Å². The summed E-state index contributed by atoms with van der Waals surface area (Å²) in [7, 11) is 1.56. The van der Waals surface area contributed by atoms with Crippen molar-refractivity contribution in [3.63, 3.8) is 0 Å². The normalized spacial score (nSPS) is 15.0. The second kappa shape index (κ2) is 11.5. The Morgan fingerprint density at radius 2 is 1.77 bits per heavy atom. The Labute approximate surface area is 251 Å². The van der Waals surface area contributed by atoms with Gasteiger partial charge in [-0.05, 0) is 45.0 Å². The average molecular weight is 596 g/mol. The van der Waals surface area contributed by atoms with Gasteiger partial charge in [0.1, 0.15) is 17.6 Å². The van der Waals surface area contributed by atoms with Crippen molar-refractivity contribution in [1.29, 1.82) is 0 Å². The van der Waals surface area contributed by atoms with Gasteiger partial charge in [0, 0.05) is 33.3 Å². The number of methoxy groups -OCH3 is 1. The van der Waals surface area contributed by atoms with Crippen LogP contribution in [0.3, 0.4) is 0 Å². The summed E-state index contributed by atoms with van der Waals surface area (Å²) in [4.78, 5) is 32.7. The fraction of sp³-hybridized carbons (Fsp3) is 0.206. The maximum atomic E-state index is 14.6. The van der Waals surface area contributed by atoms with Crippen LogP contribution in [-0.4, -0.2) is 28.8 Å². The summed E-state index contributed by atoms with van der Waals surface area (Å²) in [5.41, 5.74) is 4.45. The number of carbonyl (C=O) groups is 1. The third-order valence-corrected chi connectivity index (χ3v) is 8.77. The Morgan fingerprint density at radius 3 is 2.53 bits per heavy atom. The molecule has 0 N–H and O–H groups in total. The number of hydrogen-bond acceptors (Lipinski definition) is 6. The molecule has 0 amide bonds. The molecule has 1 atom stereocenters. The second-order valence-corrected chi connectivity index (χ2v) is 11.2. The van der Waals surface area contributed by atoms with E-state index in [9.17, 15) is 14.0 Å². The molecule has 6 rings (SSSR count). The van der Waals surface area contributed by atoms with Crippen molar-refractivity contribution < 1.29 is 18.7 Å². The van der Waals surface area contributed by atoms with Gasteiger partial charge in [-0.1, -0.05) is 65.9 Å². The van der Waals surface area contributed by atoms with Gasteiger partial charge in [-0.25, -0.2) is 14.2 Å². The molecule has 0 aliphatic carbocycles. The maximum Gasteiger partial charge on any atom is 0.338 e. The highest BCUT2D eigenvalue weighted by Crippen LogP contribution is 2.36. The third kappa shape index (κ3) is 4.89. The van der Waals surface area contributed by atoms with Gasteiger partial charge in [0.25, 0.3) is 5.56 Å². The van der Waals surface area contributed by atoms with Crippen molar-refractivity contribution in [3.8, 4) is 5.75 Å². The van der Waals surface area contributed by atoms with Crippen molar-refractivity contribution in [3.05, 3.63) is 132 Å². The highest BCUT2D eigenvalue weighted by atomic mass is 32.1. The van der Waals surface area contributed by atoms with Gasteiger partial charge in [-0.2, -0.15) is 0 Å². The minimum atomic E-state index is -0.780. The number of thiazole rings is 1. The van der Waals surface area contributed by atoms with E-state index in [-0.39, 0.29) is 18.0 Å². The van der Waals surface area contributed by atoms with Crippen molar-refractivity contribution >= 4 is 34.3 Å². The Kier molecular flexibility index (Phi) is 7.58. The fourth-order valence-corrected chi connectivity index (χ4v) is 6.78. The number of esters is 1. The third-order valence-electron chi connectivity index (χ3n) is 7.79.